The summed E-state index contributed by atoms with van der Waals surface area (Å²) in [7, 11) is 0. The van der Waals surface area contributed by atoms with Gasteiger partial charge in [-0.1, -0.05) is 0 Å². The molecule has 0 unspecified atom stereocenters. The number of rotatable bonds is 1. The van der Waals surface area contributed by atoms with E-state index in [1.54, 1.807) is 20.8 Å². The number of aliphatic carboxylic acids is 1. The quantitative estimate of drug-likeness (QED) is 0.490. The second-order valence-electron chi connectivity index (χ2n) is 5.08. The normalized spacial score (nSPS) is 19.5. The van der Waals surface area contributed by atoms with Crippen LogP contribution in [-0.4, -0.2) is 41.8 Å². The van der Waals surface area contributed by atoms with E-state index >= 15 is 0 Å². The van der Waals surface area contributed by atoms with Gasteiger partial charge in [-0.05, 0) is 27.2 Å². The Balaban J connectivity index is 2.43. The minimum Gasteiger partial charge on any atom is -0.550 e. The van der Waals surface area contributed by atoms with Crippen molar-refractivity contribution in [1.29, 1.82) is 0 Å². The monoisotopic (exact) mass is 258 g/mol. The van der Waals surface area contributed by atoms with E-state index in [1.165, 1.54) is 0 Å². The first-order valence-electron chi connectivity index (χ1n) is 5.59. The van der Waals surface area contributed by atoms with E-state index in [2.05, 4.69) is 4.74 Å². The third kappa shape index (κ3) is 4.23. The van der Waals surface area contributed by atoms with Gasteiger partial charge in [0.2, 0.25) is 0 Å². The number of carbonyl (C=O) groups excluding carboxylic acids is 3. The Morgan fingerprint density at radius 1 is 1.28 bits per heavy atom. The predicted molar refractivity (Wildman–Crippen MR) is 57.4 cm³/mol. The number of carboxylic acid groups (broad SMARTS) is 1. The lowest BCUT2D eigenvalue weighted by molar-refractivity contribution is -0.310. The molecule has 0 N–H and O–H groups in total. The average molecular weight is 258 g/mol. The molecule has 1 atom stereocenters. The van der Waals surface area contributed by atoms with Gasteiger partial charge >= 0.3 is 12.2 Å². The number of amides is 1. The minimum atomic E-state index is -1.21. The van der Waals surface area contributed by atoms with Gasteiger partial charge in [-0.2, -0.15) is 0 Å². The molecule has 102 valence electrons. The summed E-state index contributed by atoms with van der Waals surface area (Å²) in [5, 5.41) is 10.6. The molecule has 1 heterocycles. The molecule has 1 fully saturated rings. The van der Waals surface area contributed by atoms with Gasteiger partial charge in [0.25, 0.3) is 0 Å². The van der Waals surface area contributed by atoms with Crippen LogP contribution in [0.4, 0.5) is 9.59 Å². The number of carbonyl (C=O) groups is 3. The lowest BCUT2D eigenvalue weighted by Crippen LogP contribution is -2.36. The van der Waals surface area contributed by atoms with Crippen molar-refractivity contribution in [3.8, 4) is 0 Å². The van der Waals surface area contributed by atoms with Crippen molar-refractivity contribution >= 4 is 18.2 Å². The molecule has 1 amide bonds. The van der Waals surface area contributed by atoms with E-state index in [0.29, 0.717) is 6.42 Å². The lowest BCUT2D eigenvalue weighted by Gasteiger charge is -2.20. The number of likely N-dealkylation sites (tertiary alicyclic amines) is 1. The highest BCUT2D eigenvalue weighted by molar-refractivity contribution is 5.81. The smallest absolute Gasteiger partial charge is 0.517 e. The third-order valence-corrected chi connectivity index (χ3v) is 2.34. The summed E-state index contributed by atoms with van der Waals surface area (Å²) in [4.78, 5) is 34.5. The summed E-state index contributed by atoms with van der Waals surface area (Å²) in [6.45, 7) is 5.13. The molecule has 1 saturated heterocycles. The molecule has 0 aromatic heterocycles. The molecule has 0 spiro atoms. The van der Waals surface area contributed by atoms with Crippen LogP contribution in [0, 0.1) is 5.92 Å². The molecule has 0 bridgehead atoms. The first kappa shape index (κ1) is 14.3. The Kier molecular flexibility index (Phi) is 4.15. The lowest BCUT2D eigenvalue weighted by atomic mass is 10.1. The zero-order valence-electron chi connectivity index (χ0n) is 10.6. The fraction of sp³-hybridized carbons (Fsp3) is 0.727. The van der Waals surface area contributed by atoms with Gasteiger partial charge in [-0.15, -0.1) is 0 Å². The van der Waals surface area contributed by atoms with Gasteiger partial charge in [-0.3, -0.25) is 0 Å². The molecule has 0 aromatic carbocycles. The van der Waals surface area contributed by atoms with Gasteiger partial charge < -0.3 is 24.3 Å². The SMILES string of the molecule is CC(C)(C)OC(=O)OC(=O)N1CC[C@H](C(=O)[O-])C1. The summed E-state index contributed by atoms with van der Waals surface area (Å²) in [5.74, 6) is -1.92. The van der Waals surface area contributed by atoms with Gasteiger partial charge in [-0.25, -0.2) is 9.59 Å². The second kappa shape index (κ2) is 5.24. The van der Waals surface area contributed by atoms with Crippen LogP contribution in [0.1, 0.15) is 27.2 Å². The van der Waals surface area contributed by atoms with E-state index in [9.17, 15) is 19.5 Å². The van der Waals surface area contributed by atoms with E-state index in [-0.39, 0.29) is 13.1 Å². The van der Waals surface area contributed by atoms with Crippen molar-refractivity contribution in [2.75, 3.05) is 13.1 Å². The summed E-state index contributed by atoms with van der Waals surface area (Å²) in [6.07, 6.45) is -1.69. The molecule has 0 aliphatic carbocycles. The van der Waals surface area contributed by atoms with E-state index in [1.807, 2.05) is 0 Å². The highest BCUT2D eigenvalue weighted by atomic mass is 16.8. The standard InChI is InChI=1S/C11H17NO6/c1-11(2,3)18-10(16)17-9(15)12-5-4-7(6-12)8(13)14/h7H,4-6H2,1-3H3,(H,13,14)/p-1/t7-/m0/s1. The molecule has 1 aliphatic heterocycles. The van der Waals surface area contributed by atoms with Gasteiger partial charge in [0, 0.05) is 25.0 Å². The summed E-state index contributed by atoms with van der Waals surface area (Å²) in [6, 6.07) is 0. The van der Waals surface area contributed by atoms with Crippen LogP contribution in [0.25, 0.3) is 0 Å². The zero-order chi connectivity index (χ0) is 13.9. The van der Waals surface area contributed by atoms with Crippen molar-refractivity contribution in [3.63, 3.8) is 0 Å². The van der Waals surface area contributed by atoms with Crippen LogP contribution >= 0.6 is 0 Å². The second-order valence-corrected chi connectivity index (χ2v) is 5.08. The number of carboxylic acids is 1. The minimum absolute atomic E-state index is 0.00996. The van der Waals surface area contributed by atoms with Gasteiger partial charge in [0.1, 0.15) is 5.60 Å². The molecular formula is C11H16NO6-. The average Bonchev–Trinajstić information content (AvgIpc) is 2.62. The van der Waals surface area contributed by atoms with E-state index in [4.69, 9.17) is 4.74 Å². The van der Waals surface area contributed by atoms with E-state index in [0.717, 1.165) is 4.90 Å². The Morgan fingerprint density at radius 2 is 1.89 bits per heavy atom. The molecule has 7 heteroatoms. The largest absolute Gasteiger partial charge is 0.550 e. The maximum absolute atomic E-state index is 11.5. The zero-order valence-corrected chi connectivity index (χ0v) is 10.6. The highest BCUT2D eigenvalue weighted by Gasteiger charge is 2.30. The number of nitrogens with zero attached hydrogens (tertiary/aromatic N) is 1. The summed E-state index contributed by atoms with van der Waals surface area (Å²) in [5.41, 5.74) is -0.754. The third-order valence-electron chi connectivity index (χ3n) is 2.34. The van der Waals surface area contributed by atoms with Crippen LogP contribution in [-0.2, 0) is 14.3 Å². The summed E-state index contributed by atoms with van der Waals surface area (Å²) < 4.78 is 9.26. The fourth-order valence-corrected chi connectivity index (χ4v) is 1.53. The first-order chi connectivity index (χ1) is 8.19. The molecule has 0 radical (unpaired) electrons. The van der Waals surface area contributed by atoms with Crippen molar-refractivity contribution in [1.82, 2.24) is 4.90 Å². The van der Waals surface area contributed by atoms with Gasteiger partial charge in [0.05, 0.1) is 0 Å². The molecule has 1 rings (SSSR count). The Morgan fingerprint density at radius 3 is 2.33 bits per heavy atom. The van der Waals surface area contributed by atoms with Crippen molar-refractivity contribution < 1.29 is 29.0 Å². The number of hydrogen-bond donors (Lipinski definition) is 0. The first-order valence-corrected chi connectivity index (χ1v) is 5.59. The topological polar surface area (TPSA) is 96.0 Å². The number of hydrogen-bond acceptors (Lipinski definition) is 6. The summed E-state index contributed by atoms with van der Waals surface area (Å²) >= 11 is 0. The Bertz CT molecular complexity index is 359. The Hall–Kier alpha value is -1.79. The van der Waals surface area contributed by atoms with Crippen molar-refractivity contribution in [2.24, 2.45) is 5.92 Å². The fourth-order valence-electron chi connectivity index (χ4n) is 1.53. The van der Waals surface area contributed by atoms with Crippen LogP contribution in [0.2, 0.25) is 0 Å². The molecule has 7 nitrogen and oxygen atoms in total. The Labute approximate surface area is 105 Å². The molecule has 18 heavy (non-hydrogen) atoms. The maximum Gasteiger partial charge on any atom is 0.517 e. The molecule has 0 saturated carbocycles. The molecule has 0 aromatic rings. The number of ether oxygens (including phenoxy) is 2. The van der Waals surface area contributed by atoms with Crippen LogP contribution in [0.15, 0.2) is 0 Å². The predicted octanol–water partition coefficient (Wildman–Crippen LogP) is 0.130. The van der Waals surface area contributed by atoms with Crippen LogP contribution in [0.3, 0.4) is 0 Å². The maximum atomic E-state index is 11.5. The van der Waals surface area contributed by atoms with Crippen LogP contribution in [0.5, 0.6) is 0 Å². The van der Waals surface area contributed by atoms with Crippen LogP contribution < -0.4 is 5.11 Å². The van der Waals surface area contributed by atoms with Gasteiger partial charge in [0.15, 0.2) is 0 Å². The molecule has 1 aliphatic rings. The van der Waals surface area contributed by atoms with Crippen molar-refractivity contribution in [3.05, 3.63) is 0 Å². The van der Waals surface area contributed by atoms with Crippen molar-refractivity contribution in [2.45, 2.75) is 32.8 Å². The highest BCUT2D eigenvalue weighted by Crippen LogP contribution is 2.17. The molecular weight excluding hydrogens is 242 g/mol. The van der Waals surface area contributed by atoms with E-state index < -0.39 is 29.7 Å².